The second-order valence-electron chi connectivity index (χ2n) is 8.81. The molecule has 0 saturated heterocycles. The van der Waals surface area contributed by atoms with E-state index in [1.54, 1.807) is 35.6 Å². The van der Waals surface area contributed by atoms with Crippen molar-refractivity contribution in [3.05, 3.63) is 108 Å². The molecule has 37 heavy (non-hydrogen) atoms. The molecule has 0 saturated carbocycles. The maximum atomic E-state index is 13.1. The molecule has 1 aliphatic heterocycles. The van der Waals surface area contributed by atoms with Crippen molar-refractivity contribution in [1.29, 1.82) is 0 Å². The van der Waals surface area contributed by atoms with E-state index in [0.717, 1.165) is 45.7 Å². The van der Waals surface area contributed by atoms with Crippen molar-refractivity contribution in [1.82, 2.24) is 19.9 Å². The molecule has 8 heteroatoms. The summed E-state index contributed by atoms with van der Waals surface area (Å²) in [6.45, 7) is 6.70. The van der Waals surface area contributed by atoms with Gasteiger partial charge >= 0.3 is 0 Å². The van der Waals surface area contributed by atoms with E-state index in [4.69, 9.17) is 0 Å². The number of hydrogen-bond donors (Lipinski definition) is 2. The first-order chi connectivity index (χ1) is 18.0. The van der Waals surface area contributed by atoms with E-state index in [2.05, 4.69) is 32.2 Å². The van der Waals surface area contributed by atoms with Gasteiger partial charge in [-0.1, -0.05) is 18.7 Å². The Morgan fingerprint density at radius 2 is 1.95 bits per heavy atom. The molecule has 0 atom stereocenters. The molecule has 0 bridgehead atoms. The van der Waals surface area contributed by atoms with E-state index in [9.17, 15) is 9.59 Å². The molecule has 5 rings (SSSR count). The third-order valence-corrected chi connectivity index (χ3v) is 6.32. The van der Waals surface area contributed by atoms with Crippen LogP contribution in [0.5, 0.6) is 0 Å². The van der Waals surface area contributed by atoms with Crippen LogP contribution < -0.4 is 10.6 Å². The number of amides is 2. The number of aromatic nitrogens is 3. The topological polar surface area (TPSA) is 100 Å². The fourth-order valence-corrected chi connectivity index (χ4v) is 4.26. The Morgan fingerprint density at radius 3 is 2.76 bits per heavy atom. The van der Waals surface area contributed by atoms with Gasteiger partial charge in [-0.2, -0.15) is 0 Å². The first-order valence-electron chi connectivity index (χ1n) is 12.0. The molecule has 184 valence electrons. The van der Waals surface area contributed by atoms with E-state index in [-0.39, 0.29) is 11.8 Å². The molecule has 3 heterocycles. The molecule has 0 fully saturated rings. The van der Waals surface area contributed by atoms with Gasteiger partial charge in [-0.25, -0.2) is 9.97 Å². The zero-order chi connectivity index (χ0) is 25.8. The lowest BCUT2D eigenvalue weighted by Crippen LogP contribution is -2.34. The Bertz CT molecular complexity index is 1490. The predicted octanol–water partition coefficient (Wildman–Crippen LogP) is 4.91. The van der Waals surface area contributed by atoms with Crippen LogP contribution in [0.2, 0.25) is 0 Å². The van der Waals surface area contributed by atoms with Crippen LogP contribution in [0.15, 0.2) is 85.8 Å². The van der Waals surface area contributed by atoms with Crippen LogP contribution in [0.4, 0.5) is 17.3 Å². The number of nitrogens with zero attached hydrogens (tertiary/aromatic N) is 4. The Hall–Kier alpha value is -4.85. The minimum atomic E-state index is -0.215. The molecule has 2 amide bonds. The molecule has 0 unspecified atom stereocenters. The third-order valence-electron chi connectivity index (χ3n) is 6.32. The van der Waals surface area contributed by atoms with E-state index >= 15 is 0 Å². The van der Waals surface area contributed by atoms with Crippen molar-refractivity contribution in [3.63, 3.8) is 0 Å². The van der Waals surface area contributed by atoms with Crippen LogP contribution in [0.1, 0.15) is 27.0 Å². The van der Waals surface area contributed by atoms with Gasteiger partial charge in [0.2, 0.25) is 11.9 Å². The highest BCUT2D eigenvalue weighted by Gasteiger charge is 2.19. The summed E-state index contributed by atoms with van der Waals surface area (Å²) < 4.78 is 0. The largest absolute Gasteiger partial charge is 0.335 e. The van der Waals surface area contributed by atoms with Crippen LogP contribution in [0.25, 0.3) is 11.3 Å². The summed E-state index contributed by atoms with van der Waals surface area (Å²) in [5.41, 5.74) is 6.78. The zero-order valence-corrected chi connectivity index (χ0v) is 20.4. The van der Waals surface area contributed by atoms with Gasteiger partial charge in [-0.3, -0.25) is 14.6 Å². The number of aryl methyl sites for hydroxylation is 1. The Kier molecular flexibility index (Phi) is 6.72. The summed E-state index contributed by atoms with van der Waals surface area (Å²) >= 11 is 0. The fraction of sp³-hybridized carbons (Fsp3) is 0.138. The average Bonchev–Trinajstić information content (AvgIpc) is 2.94. The highest BCUT2D eigenvalue weighted by Crippen LogP contribution is 2.25. The van der Waals surface area contributed by atoms with Gasteiger partial charge < -0.3 is 15.5 Å². The second-order valence-corrected chi connectivity index (χ2v) is 8.81. The Balaban J connectivity index is 1.31. The predicted molar refractivity (Wildman–Crippen MR) is 143 cm³/mol. The number of benzene rings is 2. The van der Waals surface area contributed by atoms with Gasteiger partial charge in [0, 0.05) is 54.2 Å². The maximum absolute atomic E-state index is 13.1. The third kappa shape index (κ3) is 5.38. The minimum absolute atomic E-state index is 0.0685. The summed E-state index contributed by atoms with van der Waals surface area (Å²) in [6, 6.07) is 16.9. The molecular weight excluding hydrogens is 464 g/mol. The first kappa shape index (κ1) is 23.9. The summed E-state index contributed by atoms with van der Waals surface area (Å²) in [6.07, 6.45) is 7.23. The zero-order valence-electron chi connectivity index (χ0n) is 20.4. The van der Waals surface area contributed by atoms with Crippen molar-refractivity contribution in [2.24, 2.45) is 0 Å². The molecule has 4 aromatic rings. The number of hydrogen-bond acceptors (Lipinski definition) is 6. The molecule has 0 spiro atoms. The number of rotatable bonds is 6. The van der Waals surface area contributed by atoms with Crippen LogP contribution >= 0.6 is 0 Å². The van der Waals surface area contributed by atoms with Crippen molar-refractivity contribution >= 4 is 29.1 Å². The van der Waals surface area contributed by atoms with E-state index in [1.807, 2.05) is 49.4 Å². The summed E-state index contributed by atoms with van der Waals surface area (Å²) in [5, 5.41) is 6.23. The Labute approximate surface area is 215 Å². The molecule has 8 nitrogen and oxygen atoms in total. The Morgan fingerprint density at radius 1 is 1.05 bits per heavy atom. The molecule has 2 N–H and O–H groups in total. The monoisotopic (exact) mass is 490 g/mol. The molecule has 0 aliphatic carbocycles. The van der Waals surface area contributed by atoms with Crippen LogP contribution in [0, 0.1) is 6.92 Å². The molecule has 2 aromatic heterocycles. The van der Waals surface area contributed by atoms with Gasteiger partial charge in [0.25, 0.3) is 5.91 Å². The fourth-order valence-electron chi connectivity index (χ4n) is 4.26. The highest BCUT2D eigenvalue weighted by atomic mass is 16.2. The number of carbonyl (C=O) groups is 2. The lowest BCUT2D eigenvalue weighted by atomic mass is 9.99. The van der Waals surface area contributed by atoms with Gasteiger partial charge in [0.05, 0.1) is 5.69 Å². The standard InChI is InChI=1S/C29H26N6O2/c1-3-27(36)35-14-11-20-15-24(9-8-23(20)18-35)32-28(37)21-7-6-19(2)26(16-21)34-29-31-13-10-25(33-29)22-5-4-12-30-17-22/h3-10,12-13,15-17H,1,11,14,18H2,2H3,(H,32,37)(H,31,33,34). The summed E-state index contributed by atoms with van der Waals surface area (Å²) in [5.74, 6) is 0.147. The average molecular weight is 491 g/mol. The van der Waals surface area contributed by atoms with Gasteiger partial charge in [0.1, 0.15) is 0 Å². The number of fused-ring (bicyclic) bond motifs is 1. The molecule has 0 radical (unpaired) electrons. The lowest BCUT2D eigenvalue weighted by molar-refractivity contribution is -0.126. The summed E-state index contributed by atoms with van der Waals surface area (Å²) in [7, 11) is 0. The maximum Gasteiger partial charge on any atom is 0.255 e. The van der Waals surface area contributed by atoms with Crippen LogP contribution in [-0.2, 0) is 17.8 Å². The number of nitrogens with one attached hydrogen (secondary N) is 2. The van der Waals surface area contributed by atoms with Crippen molar-refractivity contribution in [2.45, 2.75) is 19.9 Å². The van der Waals surface area contributed by atoms with Gasteiger partial charge in [0.15, 0.2) is 0 Å². The number of carbonyl (C=O) groups excluding carboxylic acids is 2. The van der Waals surface area contributed by atoms with Gasteiger partial charge in [-0.05, 0) is 78.6 Å². The van der Waals surface area contributed by atoms with Crippen molar-refractivity contribution in [2.75, 3.05) is 17.2 Å². The van der Waals surface area contributed by atoms with Gasteiger partial charge in [-0.15, -0.1) is 0 Å². The molecular formula is C29H26N6O2. The number of anilines is 3. The van der Waals surface area contributed by atoms with E-state index in [0.29, 0.717) is 24.6 Å². The van der Waals surface area contributed by atoms with E-state index < -0.39 is 0 Å². The first-order valence-corrected chi connectivity index (χ1v) is 12.0. The lowest BCUT2D eigenvalue weighted by Gasteiger charge is -2.28. The smallest absolute Gasteiger partial charge is 0.255 e. The highest BCUT2D eigenvalue weighted by molar-refractivity contribution is 6.05. The minimum Gasteiger partial charge on any atom is -0.335 e. The van der Waals surface area contributed by atoms with Crippen molar-refractivity contribution < 1.29 is 9.59 Å². The number of pyridine rings is 1. The SMILES string of the molecule is C=CC(=O)N1CCc2cc(NC(=O)c3ccc(C)c(Nc4nccc(-c5cccnc5)n4)c3)ccc2C1. The van der Waals surface area contributed by atoms with E-state index in [1.165, 1.54) is 6.08 Å². The quantitative estimate of drug-likeness (QED) is 0.373. The van der Waals surface area contributed by atoms with Crippen molar-refractivity contribution in [3.8, 4) is 11.3 Å². The van der Waals surface area contributed by atoms with Crippen LogP contribution in [-0.4, -0.2) is 38.2 Å². The summed E-state index contributed by atoms with van der Waals surface area (Å²) in [4.78, 5) is 39.8. The second kappa shape index (κ2) is 10.4. The normalized spacial score (nSPS) is 12.4. The molecule has 2 aromatic carbocycles. The van der Waals surface area contributed by atoms with Crippen LogP contribution in [0.3, 0.4) is 0 Å². The molecule has 1 aliphatic rings.